The lowest BCUT2D eigenvalue weighted by molar-refractivity contribution is -0.384. The topological polar surface area (TPSA) is 87.3 Å². The molecule has 0 fully saturated rings. The fourth-order valence-corrected chi connectivity index (χ4v) is 4.54. The molecule has 1 aromatic carbocycles. The Balaban J connectivity index is 1.81. The molecule has 128 valence electrons. The molecule has 2 aromatic heterocycles. The number of thiophene rings is 1. The highest BCUT2D eigenvalue weighted by atomic mass is 32.1. The molecule has 0 N–H and O–H groups in total. The fourth-order valence-electron chi connectivity index (χ4n) is 3.32. The van der Waals surface area contributed by atoms with Gasteiger partial charge in [-0.2, -0.15) is 0 Å². The summed E-state index contributed by atoms with van der Waals surface area (Å²) in [5.41, 5.74) is 1.57. The Morgan fingerprint density at radius 2 is 2.24 bits per heavy atom. The standard InChI is InChI=1S/C17H15N3O4S/c1-24-13-6-5-11(20(22)23)7-10(13)8-19-9-18-16-15(17(19)21)12-3-2-4-14(12)25-16/h5-7,9H,2-4,8H2,1H3. The normalized spacial score (nSPS) is 13.2. The van der Waals surface area contributed by atoms with Crippen molar-refractivity contribution in [3.05, 3.63) is 61.0 Å². The van der Waals surface area contributed by atoms with Crippen molar-refractivity contribution in [3.8, 4) is 5.75 Å². The minimum Gasteiger partial charge on any atom is -0.496 e. The number of methoxy groups -OCH3 is 1. The van der Waals surface area contributed by atoms with Gasteiger partial charge in [-0.15, -0.1) is 11.3 Å². The molecule has 0 bridgehead atoms. The predicted molar refractivity (Wildman–Crippen MR) is 94.7 cm³/mol. The monoisotopic (exact) mass is 357 g/mol. The maximum absolute atomic E-state index is 12.9. The number of aromatic nitrogens is 2. The Morgan fingerprint density at radius 3 is 3.00 bits per heavy atom. The summed E-state index contributed by atoms with van der Waals surface area (Å²) in [5.74, 6) is 0.508. The molecule has 0 amide bonds. The number of nitro groups is 1. The fraction of sp³-hybridized carbons (Fsp3) is 0.294. The van der Waals surface area contributed by atoms with Crippen molar-refractivity contribution in [1.29, 1.82) is 0 Å². The summed E-state index contributed by atoms with van der Waals surface area (Å²) < 4.78 is 6.78. The van der Waals surface area contributed by atoms with Gasteiger partial charge in [0.25, 0.3) is 11.2 Å². The second kappa shape index (κ2) is 5.96. The molecule has 25 heavy (non-hydrogen) atoms. The van der Waals surface area contributed by atoms with Crippen molar-refractivity contribution in [3.63, 3.8) is 0 Å². The summed E-state index contributed by atoms with van der Waals surface area (Å²) in [4.78, 5) is 29.9. The number of non-ortho nitro benzene ring substituents is 1. The summed E-state index contributed by atoms with van der Waals surface area (Å²) in [6.45, 7) is 0.178. The lowest BCUT2D eigenvalue weighted by Gasteiger charge is -2.10. The van der Waals surface area contributed by atoms with Gasteiger partial charge in [-0.25, -0.2) is 4.98 Å². The maximum Gasteiger partial charge on any atom is 0.270 e. The number of hydrogen-bond acceptors (Lipinski definition) is 6. The van der Waals surface area contributed by atoms with Gasteiger partial charge in [0.1, 0.15) is 10.6 Å². The Kier molecular flexibility index (Phi) is 3.76. The first-order valence-electron chi connectivity index (χ1n) is 7.89. The van der Waals surface area contributed by atoms with Crippen LogP contribution in [-0.4, -0.2) is 21.6 Å². The third-order valence-electron chi connectivity index (χ3n) is 4.51. The number of rotatable bonds is 4. The summed E-state index contributed by atoms with van der Waals surface area (Å²) in [6.07, 6.45) is 4.50. The van der Waals surface area contributed by atoms with Gasteiger partial charge in [0.2, 0.25) is 0 Å². The van der Waals surface area contributed by atoms with E-state index in [1.54, 1.807) is 17.4 Å². The minimum atomic E-state index is -0.459. The highest BCUT2D eigenvalue weighted by Gasteiger charge is 2.21. The highest BCUT2D eigenvalue weighted by Crippen LogP contribution is 2.34. The van der Waals surface area contributed by atoms with Crippen LogP contribution in [-0.2, 0) is 19.4 Å². The molecule has 8 heteroatoms. The van der Waals surface area contributed by atoms with E-state index in [4.69, 9.17) is 4.74 Å². The third kappa shape index (κ3) is 2.58. The first-order valence-corrected chi connectivity index (χ1v) is 8.71. The molecule has 2 heterocycles. The van der Waals surface area contributed by atoms with Crippen LogP contribution in [0, 0.1) is 10.1 Å². The number of benzene rings is 1. The van der Waals surface area contributed by atoms with Gasteiger partial charge in [-0.1, -0.05) is 0 Å². The van der Waals surface area contributed by atoms with E-state index in [9.17, 15) is 14.9 Å². The van der Waals surface area contributed by atoms with Crippen molar-refractivity contribution >= 4 is 27.2 Å². The smallest absolute Gasteiger partial charge is 0.270 e. The van der Waals surface area contributed by atoms with Crippen LogP contribution in [0.2, 0.25) is 0 Å². The molecule has 4 rings (SSSR count). The van der Waals surface area contributed by atoms with Crippen LogP contribution in [0.4, 0.5) is 5.69 Å². The first kappa shape index (κ1) is 15.8. The van der Waals surface area contributed by atoms with Crippen LogP contribution in [0.5, 0.6) is 5.75 Å². The number of aryl methyl sites for hydroxylation is 2. The van der Waals surface area contributed by atoms with Gasteiger partial charge in [0.15, 0.2) is 0 Å². The van der Waals surface area contributed by atoms with Crippen molar-refractivity contribution in [2.24, 2.45) is 0 Å². The molecule has 0 unspecified atom stereocenters. The molecule has 0 radical (unpaired) electrons. The number of ether oxygens (including phenoxy) is 1. The average Bonchev–Trinajstić information content (AvgIpc) is 3.18. The average molecular weight is 357 g/mol. The maximum atomic E-state index is 12.9. The molecule has 0 saturated heterocycles. The van der Waals surface area contributed by atoms with E-state index >= 15 is 0 Å². The SMILES string of the molecule is COc1ccc([N+](=O)[O-])cc1Cn1cnc2sc3c(c2c1=O)CCC3. The van der Waals surface area contributed by atoms with Crippen LogP contribution in [0.15, 0.2) is 29.3 Å². The van der Waals surface area contributed by atoms with Crippen LogP contribution < -0.4 is 10.3 Å². The molecule has 0 atom stereocenters. The molecular formula is C17H15N3O4S. The summed E-state index contributed by atoms with van der Waals surface area (Å²) in [5, 5.41) is 11.7. The van der Waals surface area contributed by atoms with Gasteiger partial charge in [0, 0.05) is 22.6 Å². The molecule has 1 aliphatic carbocycles. The predicted octanol–water partition coefficient (Wildman–Crippen LogP) is 2.91. The van der Waals surface area contributed by atoms with E-state index in [1.807, 2.05) is 0 Å². The van der Waals surface area contributed by atoms with Crippen LogP contribution in [0.3, 0.4) is 0 Å². The molecule has 0 saturated carbocycles. The first-order chi connectivity index (χ1) is 12.1. The summed E-state index contributed by atoms with van der Waals surface area (Å²) in [7, 11) is 1.50. The van der Waals surface area contributed by atoms with E-state index in [0.29, 0.717) is 16.7 Å². The van der Waals surface area contributed by atoms with Gasteiger partial charge >= 0.3 is 0 Å². The quantitative estimate of drug-likeness (QED) is 0.529. The van der Waals surface area contributed by atoms with E-state index in [2.05, 4.69) is 4.98 Å². The number of nitro benzene ring substituents is 1. The third-order valence-corrected chi connectivity index (χ3v) is 5.71. The molecule has 1 aliphatic rings. The van der Waals surface area contributed by atoms with E-state index in [1.165, 1.54) is 35.0 Å². The summed E-state index contributed by atoms with van der Waals surface area (Å²) >= 11 is 1.59. The number of fused-ring (bicyclic) bond motifs is 3. The van der Waals surface area contributed by atoms with E-state index in [-0.39, 0.29) is 17.8 Å². The Morgan fingerprint density at radius 1 is 1.40 bits per heavy atom. The highest BCUT2D eigenvalue weighted by molar-refractivity contribution is 7.18. The zero-order valence-electron chi connectivity index (χ0n) is 13.5. The number of nitrogens with zero attached hydrogens (tertiary/aromatic N) is 3. The largest absolute Gasteiger partial charge is 0.496 e. The molecule has 3 aromatic rings. The lowest BCUT2D eigenvalue weighted by atomic mass is 10.1. The number of hydrogen-bond donors (Lipinski definition) is 0. The van der Waals surface area contributed by atoms with Crippen LogP contribution in [0.1, 0.15) is 22.4 Å². The Hall–Kier alpha value is -2.74. The molecule has 0 aliphatic heterocycles. The molecule has 0 spiro atoms. The second-order valence-electron chi connectivity index (χ2n) is 5.97. The molecule has 7 nitrogen and oxygen atoms in total. The lowest BCUT2D eigenvalue weighted by Crippen LogP contribution is -2.21. The van der Waals surface area contributed by atoms with Gasteiger partial charge in [-0.3, -0.25) is 19.5 Å². The van der Waals surface area contributed by atoms with Gasteiger partial charge in [0.05, 0.1) is 30.3 Å². The Bertz CT molecular complexity index is 1050. The van der Waals surface area contributed by atoms with Gasteiger partial charge < -0.3 is 4.74 Å². The van der Waals surface area contributed by atoms with E-state index in [0.717, 1.165) is 29.7 Å². The van der Waals surface area contributed by atoms with Crippen LogP contribution >= 0.6 is 11.3 Å². The van der Waals surface area contributed by atoms with Crippen molar-refractivity contribution in [1.82, 2.24) is 9.55 Å². The van der Waals surface area contributed by atoms with Crippen LogP contribution in [0.25, 0.3) is 10.2 Å². The minimum absolute atomic E-state index is 0.0330. The summed E-state index contributed by atoms with van der Waals surface area (Å²) in [6, 6.07) is 4.37. The van der Waals surface area contributed by atoms with Crippen molar-refractivity contribution < 1.29 is 9.66 Å². The van der Waals surface area contributed by atoms with E-state index < -0.39 is 4.92 Å². The molecular weight excluding hydrogens is 342 g/mol. The zero-order chi connectivity index (χ0) is 17.6. The second-order valence-corrected chi connectivity index (χ2v) is 7.05. The zero-order valence-corrected chi connectivity index (χ0v) is 14.3. The Labute approximate surface area is 146 Å². The van der Waals surface area contributed by atoms with Gasteiger partial charge in [-0.05, 0) is 30.9 Å². The van der Waals surface area contributed by atoms with Crippen molar-refractivity contribution in [2.75, 3.05) is 7.11 Å². The van der Waals surface area contributed by atoms with Crippen molar-refractivity contribution in [2.45, 2.75) is 25.8 Å².